The summed E-state index contributed by atoms with van der Waals surface area (Å²) in [5.74, 6) is -0.867. The summed E-state index contributed by atoms with van der Waals surface area (Å²) in [7, 11) is 1.37. The van der Waals surface area contributed by atoms with E-state index < -0.39 is 12.1 Å². The summed E-state index contributed by atoms with van der Waals surface area (Å²) in [6, 6.07) is 1.43. The van der Waals surface area contributed by atoms with E-state index in [1.54, 1.807) is 0 Å². The van der Waals surface area contributed by atoms with Gasteiger partial charge in [0.25, 0.3) is 11.8 Å². The lowest BCUT2D eigenvalue weighted by Gasteiger charge is -2.11. The maximum Gasteiger partial charge on any atom is 0.414 e. The van der Waals surface area contributed by atoms with Crippen molar-refractivity contribution < 1.29 is 33.3 Å². The van der Waals surface area contributed by atoms with Crippen molar-refractivity contribution in [3.8, 4) is 11.6 Å². The van der Waals surface area contributed by atoms with E-state index in [-0.39, 0.29) is 29.6 Å². The Hall–Kier alpha value is -2.88. The number of rotatable bonds is 21. The molecule has 0 spiro atoms. The first kappa shape index (κ1) is 32.1. The largest absolute Gasteiger partial charge is 0.491 e. The Morgan fingerprint density at radius 1 is 0.838 bits per heavy atom. The van der Waals surface area contributed by atoms with Crippen LogP contribution in [-0.2, 0) is 14.3 Å². The average molecular weight is 524 g/mol. The lowest BCUT2D eigenvalue weighted by atomic mass is 10.1. The van der Waals surface area contributed by atoms with Crippen molar-refractivity contribution in [3.05, 3.63) is 17.8 Å². The molecule has 0 radical (unpaired) electrons. The van der Waals surface area contributed by atoms with Crippen LogP contribution in [0.4, 0.5) is 4.79 Å². The molecule has 2 amide bonds. The van der Waals surface area contributed by atoms with Crippen molar-refractivity contribution in [3.63, 3.8) is 0 Å². The van der Waals surface area contributed by atoms with Gasteiger partial charge in [0, 0.05) is 32.0 Å². The van der Waals surface area contributed by atoms with Crippen molar-refractivity contribution in [1.29, 1.82) is 0 Å². The van der Waals surface area contributed by atoms with Crippen molar-refractivity contribution in [2.24, 2.45) is 0 Å². The molecule has 1 rings (SSSR count). The molecule has 10 heteroatoms. The number of nitrogens with one attached hydrogen (secondary N) is 2. The van der Waals surface area contributed by atoms with Gasteiger partial charge in [-0.2, -0.15) is 0 Å². The third-order valence-electron chi connectivity index (χ3n) is 5.52. The Bertz CT molecular complexity index is 789. The summed E-state index contributed by atoms with van der Waals surface area (Å²) in [5.41, 5.74) is 0.265. The van der Waals surface area contributed by atoms with Crippen LogP contribution in [0.25, 0.3) is 0 Å². The highest BCUT2D eigenvalue weighted by atomic mass is 16.6. The van der Waals surface area contributed by atoms with Crippen LogP contribution in [0.5, 0.6) is 11.6 Å². The highest BCUT2D eigenvalue weighted by Crippen LogP contribution is 2.25. The quantitative estimate of drug-likeness (QED) is 0.174. The molecule has 2 N–H and O–H groups in total. The number of ether oxygens (including phenoxy) is 4. The zero-order chi connectivity index (χ0) is 27.1. The fourth-order valence-electron chi connectivity index (χ4n) is 3.35. The minimum Gasteiger partial charge on any atom is -0.491 e. The van der Waals surface area contributed by atoms with Gasteiger partial charge in [-0.05, 0) is 19.3 Å². The average Bonchev–Trinajstić information content (AvgIpc) is 2.90. The number of amides is 2. The van der Waals surface area contributed by atoms with Gasteiger partial charge < -0.3 is 29.6 Å². The number of pyridine rings is 1. The molecule has 1 heterocycles. The summed E-state index contributed by atoms with van der Waals surface area (Å²) < 4.78 is 20.9. The summed E-state index contributed by atoms with van der Waals surface area (Å²) in [4.78, 5) is 40.3. The van der Waals surface area contributed by atoms with Gasteiger partial charge in [0.15, 0.2) is 5.75 Å². The normalized spacial score (nSPS) is 10.6. The Balaban J connectivity index is 2.29. The van der Waals surface area contributed by atoms with Gasteiger partial charge in [0.1, 0.15) is 6.54 Å². The molecular formula is C27H45N3O7. The predicted octanol–water partition coefficient (Wildman–Crippen LogP) is 4.80. The molecule has 0 bridgehead atoms. The highest BCUT2D eigenvalue weighted by Gasteiger charge is 2.16. The fraction of sp³-hybridized carbons (Fsp3) is 0.704. The van der Waals surface area contributed by atoms with Gasteiger partial charge in [0.2, 0.25) is 0 Å². The Morgan fingerprint density at radius 3 is 2.22 bits per heavy atom. The Morgan fingerprint density at radius 2 is 1.51 bits per heavy atom. The van der Waals surface area contributed by atoms with Crippen LogP contribution in [-0.4, -0.2) is 63.0 Å². The van der Waals surface area contributed by atoms with E-state index in [0.717, 1.165) is 38.7 Å². The van der Waals surface area contributed by atoms with Gasteiger partial charge in [0.05, 0.1) is 19.3 Å². The summed E-state index contributed by atoms with van der Waals surface area (Å²) >= 11 is 0. The number of aromatic nitrogens is 1. The van der Waals surface area contributed by atoms with E-state index in [9.17, 15) is 14.4 Å². The standard InChI is InChI=1S/C27H45N3O7/c1-4-6-8-9-10-11-12-13-18-36-24(31)21-30-27(33)37-26-23(34-3)19-22(20-29-26)25(32)28-15-14-17-35-16-7-5-2/h19-20H,4-18,21H2,1-3H3,(H,28,32)(H,30,33). The molecule has 37 heavy (non-hydrogen) atoms. The van der Waals surface area contributed by atoms with Gasteiger partial charge in [-0.15, -0.1) is 0 Å². The Labute approximate surface area is 221 Å². The minimum atomic E-state index is -0.880. The van der Waals surface area contributed by atoms with E-state index >= 15 is 0 Å². The number of hydrogen-bond donors (Lipinski definition) is 2. The molecule has 0 aromatic carbocycles. The molecule has 1 aromatic rings. The first-order chi connectivity index (χ1) is 18.0. The third-order valence-corrected chi connectivity index (χ3v) is 5.52. The lowest BCUT2D eigenvalue weighted by Crippen LogP contribution is -2.33. The van der Waals surface area contributed by atoms with E-state index in [0.29, 0.717) is 26.2 Å². The SMILES string of the molecule is CCCCCCCCCCOC(=O)CNC(=O)Oc1ncc(C(=O)NCCCOCCCC)cc1OC. The van der Waals surface area contributed by atoms with Crippen molar-refractivity contribution in [2.45, 2.75) is 84.5 Å². The molecule has 0 saturated heterocycles. The molecule has 1 aromatic heterocycles. The van der Waals surface area contributed by atoms with Crippen molar-refractivity contribution >= 4 is 18.0 Å². The smallest absolute Gasteiger partial charge is 0.414 e. The van der Waals surface area contributed by atoms with Crippen LogP contribution in [0.2, 0.25) is 0 Å². The molecule has 0 aliphatic heterocycles. The molecule has 0 saturated carbocycles. The van der Waals surface area contributed by atoms with E-state index in [1.165, 1.54) is 51.5 Å². The molecule has 0 aliphatic rings. The molecule has 0 unspecified atom stereocenters. The monoisotopic (exact) mass is 523 g/mol. The second-order valence-corrected chi connectivity index (χ2v) is 8.75. The molecule has 10 nitrogen and oxygen atoms in total. The highest BCUT2D eigenvalue weighted by molar-refractivity contribution is 5.94. The number of hydrogen-bond acceptors (Lipinski definition) is 8. The van der Waals surface area contributed by atoms with Crippen molar-refractivity contribution in [2.75, 3.05) is 40.0 Å². The second kappa shape index (κ2) is 21.2. The molecule has 210 valence electrons. The lowest BCUT2D eigenvalue weighted by molar-refractivity contribution is -0.142. The molecular weight excluding hydrogens is 478 g/mol. The minimum absolute atomic E-state index is 0.114. The van der Waals surface area contributed by atoms with Crippen LogP contribution >= 0.6 is 0 Å². The molecule has 0 aliphatic carbocycles. The van der Waals surface area contributed by atoms with Gasteiger partial charge in [-0.3, -0.25) is 9.59 Å². The van der Waals surface area contributed by atoms with Crippen molar-refractivity contribution in [1.82, 2.24) is 15.6 Å². The predicted molar refractivity (Wildman–Crippen MR) is 141 cm³/mol. The third kappa shape index (κ3) is 15.8. The number of nitrogens with zero attached hydrogens (tertiary/aromatic N) is 1. The van der Waals surface area contributed by atoms with E-state index in [1.807, 2.05) is 0 Å². The first-order valence-electron chi connectivity index (χ1n) is 13.5. The van der Waals surface area contributed by atoms with Gasteiger partial charge in [-0.25, -0.2) is 9.78 Å². The first-order valence-corrected chi connectivity index (χ1v) is 13.5. The summed E-state index contributed by atoms with van der Waals surface area (Å²) in [6.07, 6.45) is 12.4. The maximum atomic E-state index is 12.3. The van der Waals surface area contributed by atoms with E-state index in [4.69, 9.17) is 18.9 Å². The zero-order valence-electron chi connectivity index (χ0n) is 22.8. The van der Waals surface area contributed by atoms with Crippen LogP contribution in [0.3, 0.4) is 0 Å². The summed E-state index contributed by atoms with van der Waals surface area (Å²) in [5, 5.41) is 5.12. The topological polar surface area (TPSA) is 125 Å². The number of esters is 1. The number of carbonyl (C=O) groups is 3. The Kier molecular flexibility index (Phi) is 18.4. The zero-order valence-corrected chi connectivity index (χ0v) is 22.8. The summed E-state index contributed by atoms with van der Waals surface area (Å²) in [6.45, 7) is 6.08. The maximum absolute atomic E-state index is 12.3. The molecule has 0 atom stereocenters. The van der Waals surface area contributed by atoms with Crippen LogP contribution in [0.1, 0.15) is 94.8 Å². The second-order valence-electron chi connectivity index (χ2n) is 8.75. The number of unbranched alkanes of at least 4 members (excludes halogenated alkanes) is 8. The van der Waals surface area contributed by atoms with E-state index in [2.05, 4.69) is 29.5 Å². The number of carbonyl (C=O) groups excluding carboxylic acids is 3. The fourth-order valence-corrected chi connectivity index (χ4v) is 3.35. The van der Waals surface area contributed by atoms with Crippen LogP contribution < -0.4 is 20.1 Å². The number of methoxy groups -OCH3 is 1. The van der Waals surface area contributed by atoms with Crippen LogP contribution in [0.15, 0.2) is 12.3 Å². The van der Waals surface area contributed by atoms with Crippen LogP contribution in [0, 0.1) is 0 Å². The van der Waals surface area contributed by atoms with Gasteiger partial charge in [-0.1, -0.05) is 65.2 Å². The molecule has 0 fully saturated rings. The van der Waals surface area contributed by atoms with Gasteiger partial charge >= 0.3 is 12.1 Å².